The summed E-state index contributed by atoms with van der Waals surface area (Å²) in [5.41, 5.74) is 2.36. The van der Waals surface area contributed by atoms with Crippen LogP contribution in [0.15, 0.2) is 18.2 Å². The van der Waals surface area contributed by atoms with E-state index in [1.165, 1.54) is 0 Å². The van der Waals surface area contributed by atoms with Crippen LogP contribution < -0.4 is 4.90 Å². The third kappa shape index (κ3) is 2.34. The van der Waals surface area contributed by atoms with E-state index in [0.717, 1.165) is 17.8 Å². The molecule has 0 aliphatic carbocycles. The molecule has 0 atom stereocenters. The van der Waals surface area contributed by atoms with Gasteiger partial charge in [-0.05, 0) is 44.5 Å². The third-order valence-electron chi connectivity index (χ3n) is 3.38. The molecule has 0 radical (unpaired) electrons. The van der Waals surface area contributed by atoms with E-state index in [1.807, 2.05) is 13.0 Å². The molecule has 0 amide bonds. The maximum absolute atomic E-state index is 10.9. The van der Waals surface area contributed by atoms with Crippen molar-refractivity contribution in [2.75, 3.05) is 24.7 Å². The van der Waals surface area contributed by atoms with Crippen LogP contribution in [0, 0.1) is 6.92 Å². The first-order valence-corrected chi connectivity index (χ1v) is 6.11. The lowest BCUT2D eigenvalue weighted by Gasteiger charge is -2.44. The van der Waals surface area contributed by atoms with Crippen LogP contribution in [0.5, 0.6) is 0 Å². The fourth-order valence-corrected chi connectivity index (χ4v) is 2.40. The third-order valence-corrected chi connectivity index (χ3v) is 3.38. The highest BCUT2D eigenvalue weighted by molar-refractivity contribution is 5.88. The summed E-state index contributed by atoms with van der Waals surface area (Å²) in [5.74, 6) is -0.883. The molecule has 1 heterocycles. The van der Waals surface area contributed by atoms with Gasteiger partial charge in [-0.1, -0.05) is 0 Å². The summed E-state index contributed by atoms with van der Waals surface area (Å²) in [6.07, 6.45) is 0. The maximum atomic E-state index is 10.9. The van der Waals surface area contributed by atoms with Crippen molar-refractivity contribution in [3.63, 3.8) is 0 Å². The summed E-state index contributed by atoms with van der Waals surface area (Å²) in [6, 6.07) is 5.28. The summed E-state index contributed by atoms with van der Waals surface area (Å²) in [4.78, 5) is 13.2. The van der Waals surface area contributed by atoms with Gasteiger partial charge in [-0.25, -0.2) is 4.79 Å². The van der Waals surface area contributed by atoms with E-state index < -0.39 is 5.97 Å². The number of rotatable bonds is 2. The van der Waals surface area contributed by atoms with Crippen molar-refractivity contribution in [2.45, 2.75) is 26.3 Å². The summed E-state index contributed by atoms with van der Waals surface area (Å²) in [6.45, 7) is 8.46. The Morgan fingerprint density at radius 2 is 2.17 bits per heavy atom. The first-order valence-electron chi connectivity index (χ1n) is 6.11. The number of benzene rings is 1. The second-order valence-corrected chi connectivity index (χ2v) is 5.32. The van der Waals surface area contributed by atoms with E-state index in [0.29, 0.717) is 18.8 Å². The van der Waals surface area contributed by atoms with E-state index in [-0.39, 0.29) is 5.54 Å². The van der Waals surface area contributed by atoms with Gasteiger partial charge in [0.1, 0.15) is 0 Å². The molecule has 4 nitrogen and oxygen atoms in total. The first kappa shape index (κ1) is 12.9. The normalized spacial score (nSPS) is 18.7. The molecule has 18 heavy (non-hydrogen) atoms. The minimum Gasteiger partial charge on any atom is -0.478 e. The number of morpholine rings is 1. The van der Waals surface area contributed by atoms with Gasteiger partial charge in [0.15, 0.2) is 0 Å². The van der Waals surface area contributed by atoms with Crippen LogP contribution in [0.3, 0.4) is 0 Å². The van der Waals surface area contributed by atoms with Crippen molar-refractivity contribution in [2.24, 2.45) is 0 Å². The molecule has 0 unspecified atom stereocenters. The Balaban J connectivity index is 2.36. The molecule has 0 aromatic heterocycles. The molecule has 1 aromatic carbocycles. The van der Waals surface area contributed by atoms with Gasteiger partial charge in [-0.3, -0.25) is 0 Å². The lowest BCUT2D eigenvalue weighted by Crippen LogP contribution is -2.53. The van der Waals surface area contributed by atoms with E-state index in [2.05, 4.69) is 18.7 Å². The number of carboxylic acids is 1. The van der Waals surface area contributed by atoms with Crippen molar-refractivity contribution in [3.05, 3.63) is 29.3 Å². The number of hydrogen-bond donors (Lipinski definition) is 1. The van der Waals surface area contributed by atoms with Gasteiger partial charge >= 0.3 is 5.97 Å². The minimum absolute atomic E-state index is 0.0618. The number of aryl methyl sites for hydroxylation is 1. The van der Waals surface area contributed by atoms with Crippen LogP contribution in [0.1, 0.15) is 29.8 Å². The summed E-state index contributed by atoms with van der Waals surface area (Å²) in [5, 5.41) is 8.98. The average molecular weight is 249 g/mol. The van der Waals surface area contributed by atoms with E-state index >= 15 is 0 Å². The van der Waals surface area contributed by atoms with Crippen LogP contribution in [0.25, 0.3) is 0 Å². The van der Waals surface area contributed by atoms with Crippen LogP contribution in [0.2, 0.25) is 0 Å². The topological polar surface area (TPSA) is 49.8 Å². The largest absolute Gasteiger partial charge is 0.478 e. The highest BCUT2D eigenvalue weighted by atomic mass is 16.5. The van der Waals surface area contributed by atoms with Crippen molar-refractivity contribution >= 4 is 11.7 Å². The molecular weight excluding hydrogens is 230 g/mol. The first-order chi connectivity index (χ1) is 8.42. The Bertz CT molecular complexity index is 468. The Labute approximate surface area is 107 Å². The highest BCUT2D eigenvalue weighted by Gasteiger charge is 2.31. The summed E-state index contributed by atoms with van der Waals surface area (Å²) >= 11 is 0. The van der Waals surface area contributed by atoms with Crippen LogP contribution >= 0.6 is 0 Å². The number of anilines is 1. The predicted molar refractivity (Wildman–Crippen MR) is 70.4 cm³/mol. The number of ether oxygens (including phenoxy) is 1. The van der Waals surface area contributed by atoms with Gasteiger partial charge in [-0.15, -0.1) is 0 Å². The molecule has 1 fully saturated rings. The number of hydrogen-bond acceptors (Lipinski definition) is 3. The molecule has 1 aliphatic rings. The SMILES string of the molecule is Cc1cc(C(=O)O)ccc1N1CCOCC1(C)C. The van der Waals surface area contributed by atoms with Crippen LogP contribution in [-0.4, -0.2) is 36.4 Å². The molecule has 0 saturated carbocycles. The quantitative estimate of drug-likeness (QED) is 0.873. The Hall–Kier alpha value is -1.55. The fraction of sp³-hybridized carbons (Fsp3) is 0.500. The molecule has 0 bridgehead atoms. The Morgan fingerprint density at radius 3 is 2.72 bits per heavy atom. The number of aromatic carboxylic acids is 1. The Kier molecular flexibility index (Phi) is 3.30. The lowest BCUT2D eigenvalue weighted by atomic mass is 9.99. The minimum atomic E-state index is -0.883. The van der Waals surface area contributed by atoms with Crippen molar-refractivity contribution in [3.8, 4) is 0 Å². The van der Waals surface area contributed by atoms with Crippen molar-refractivity contribution < 1.29 is 14.6 Å². The van der Waals surface area contributed by atoms with Gasteiger partial charge < -0.3 is 14.7 Å². The maximum Gasteiger partial charge on any atom is 0.335 e. The van der Waals surface area contributed by atoms with E-state index in [4.69, 9.17) is 9.84 Å². The number of nitrogens with zero attached hydrogens (tertiary/aromatic N) is 1. The molecule has 1 saturated heterocycles. The fourth-order valence-electron chi connectivity index (χ4n) is 2.40. The van der Waals surface area contributed by atoms with Crippen molar-refractivity contribution in [1.82, 2.24) is 0 Å². The molecule has 0 spiro atoms. The highest BCUT2D eigenvalue weighted by Crippen LogP contribution is 2.30. The molecule has 1 aliphatic heterocycles. The molecular formula is C14H19NO3. The standard InChI is InChI=1S/C14H19NO3/c1-10-8-11(13(16)17)4-5-12(10)15-6-7-18-9-14(15,2)3/h4-5,8H,6-7,9H2,1-3H3,(H,16,17). The smallest absolute Gasteiger partial charge is 0.335 e. The predicted octanol–water partition coefficient (Wildman–Crippen LogP) is 2.31. The second kappa shape index (κ2) is 4.61. The van der Waals surface area contributed by atoms with Crippen LogP contribution in [-0.2, 0) is 4.74 Å². The zero-order valence-corrected chi connectivity index (χ0v) is 11.1. The monoisotopic (exact) mass is 249 g/mol. The zero-order chi connectivity index (χ0) is 13.3. The molecule has 1 N–H and O–H groups in total. The van der Waals surface area contributed by atoms with Gasteiger partial charge in [0.2, 0.25) is 0 Å². The number of carbonyl (C=O) groups is 1. The summed E-state index contributed by atoms with van der Waals surface area (Å²) < 4.78 is 5.50. The van der Waals surface area contributed by atoms with Gasteiger partial charge in [0, 0.05) is 12.2 Å². The second-order valence-electron chi connectivity index (χ2n) is 5.32. The average Bonchev–Trinajstić information content (AvgIpc) is 2.29. The lowest BCUT2D eigenvalue weighted by molar-refractivity contribution is 0.0643. The molecule has 2 rings (SSSR count). The van der Waals surface area contributed by atoms with Crippen molar-refractivity contribution in [1.29, 1.82) is 0 Å². The van der Waals surface area contributed by atoms with Gasteiger partial charge in [-0.2, -0.15) is 0 Å². The van der Waals surface area contributed by atoms with E-state index in [1.54, 1.807) is 12.1 Å². The summed E-state index contributed by atoms with van der Waals surface area (Å²) in [7, 11) is 0. The van der Waals surface area contributed by atoms with E-state index in [9.17, 15) is 4.79 Å². The molecule has 4 heteroatoms. The zero-order valence-electron chi connectivity index (χ0n) is 11.1. The molecule has 98 valence electrons. The van der Waals surface area contributed by atoms with Crippen LogP contribution in [0.4, 0.5) is 5.69 Å². The van der Waals surface area contributed by atoms with Gasteiger partial charge in [0.25, 0.3) is 0 Å². The Morgan fingerprint density at radius 1 is 1.44 bits per heavy atom. The number of carboxylic acid groups (broad SMARTS) is 1. The van der Waals surface area contributed by atoms with Gasteiger partial charge in [0.05, 0.1) is 24.3 Å². The molecule has 1 aromatic rings.